The molecule has 4 nitrogen and oxygen atoms in total. The summed E-state index contributed by atoms with van der Waals surface area (Å²) < 4.78 is 4.86. The Morgan fingerprint density at radius 2 is 2.29 bits per heavy atom. The van der Waals surface area contributed by atoms with Gasteiger partial charge in [0.1, 0.15) is 11.6 Å². The molecule has 1 aromatic rings. The van der Waals surface area contributed by atoms with E-state index in [1.165, 1.54) is 6.20 Å². The maximum Gasteiger partial charge on any atom is 0.335 e. The van der Waals surface area contributed by atoms with Crippen LogP contribution in [0.5, 0.6) is 5.75 Å². The van der Waals surface area contributed by atoms with Gasteiger partial charge in [0.15, 0.2) is 0 Å². The molecular weight excluding hydrogens is 180 g/mol. The van der Waals surface area contributed by atoms with E-state index >= 15 is 0 Å². The van der Waals surface area contributed by atoms with E-state index in [1.54, 1.807) is 12.1 Å². The first-order valence-corrected chi connectivity index (χ1v) is 4.11. The van der Waals surface area contributed by atoms with E-state index in [4.69, 9.17) is 4.74 Å². The van der Waals surface area contributed by atoms with Crippen LogP contribution in [0.2, 0.25) is 0 Å². The summed E-state index contributed by atoms with van der Waals surface area (Å²) in [6.45, 7) is 3.30. The minimum absolute atomic E-state index is 0.417. The van der Waals surface area contributed by atoms with E-state index in [0.717, 1.165) is 11.9 Å². The van der Waals surface area contributed by atoms with Crippen molar-refractivity contribution in [3.8, 4) is 5.75 Å². The molecule has 1 aromatic heterocycles. The third kappa shape index (κ3) is 2.58. The van der Waals surface area contributed by atoms with Gasteiger partial charge in [-0.1, -0.05) is 6.58 Å². The van der Waals surface area contributed by atoms with Crippen molar-refractivity contribution in [1.82, 2.24) is 4.98 Å². The molecule has 0 saturated carbocycles. The Bertz CT molecular complexity index is 330. The van der Waals surface area contributed by atoms with Crippen LogP contribution in [-0.2, 0) is 4.79 Å². The fourth-order valence-electron chi connectivity index (χ4n) is 0.855. The predicted molar refractivity (Wildman–Crippen MR) is 54.4 cm³/mol. The predicted octanol–water partition coefficient (Wildman–Crippen LogP) is 1.24. The molecule has 0 atom stereocenters. The number of pyridine rings is 1. The van der Waals surface area contributed by atoms with Gasteiger partial charge < -0.3 is 9.64 Å². The van der Waals surface area contributed by atoms with E-state index in [-0.39, 0.29) is 0 Å². The molecular formula is C10H12N2O2. The Kier molecular flexibility index (Phi) is 3.23. The second kappa shape index (κ2) is 4.41. The van der Waals surface area contributed by atoms with Crippen molar-refractivity contribution in [2.75, 3.05) is 19.0 Å². The largest absolute Gasteiger partial charge is 0.422 e. The summed E-state index contributed by atoms with van der Waals surface area (Å²) in [7, 11) is 3.77. The van der Waals surface area contributed by atoms with Crippen LogP contribution in [0, 0.1) is 0 Å². The number of carbonyl (C=O) groups excluding carboxylic acids is 1. The van der Waals surface area contributed by atoms with Gasteiger partial charge in [0.05, 0.1) is 6.20 Å². The molecule has 0 bridgehead atoms. The number of rotatable bonds is 3. The molecule has 0 saturated heterocycles. The van der Waals surface area contributed by atoms with Crippen LogP contribution >= 0.6 is 0 Å². The maximum absolute atomic E-state index is 10.8. The van der Waals surface area contributed by atoms with Crippen molar-refractivity contribution >= 4 is 11.8 Å². The van der Waals surface area contributed by atoms with Crippen LogP contribution in [0.1, 0.15) is 0 Å². The first-order valence-electron chi connectivity index (χ1n) is 4.11. The average Bonchev–Trinajstić information content (AvgIpc) is 2.18. The van der Waals surface area contributed by atoms with Gasteiger partial charge in [0, 0.05) is 20.2 Å². The van der Waals surface area contributed by atoms with Crippen LogP contribution in [0.3, 0.4) is 0 Å². The van der Waals surface area contributed by atoms with Gasteiger partial charge in [-0.05, 0) is 12.1 Å². The highest BCUT2D eigenvalue weighted by atomic mass is 16.5. The second-order valence-corrected chi connectivity index (χ2v) is 2.87. The zero-order valence-corrected chi connectivity index (χ0v) is 8.23. The molecule has 0 aromatic carbocycles. The maximum atomic E-state index is 10.8. The molecule has 1 heterocycles. The number of anilines is 1. The SMILES string of the molecule is C=CC(=O)Oc1ccc(N(C)C)nc1. The topological polar surface area (TPSA) is 42.4 Å². The number of ether oxygens (including phenoxy) is 1. The van der Waals surface area contributed by atoms with Crippen molar-refractivity contribution < 1.29 is 9.53 Å². The summed E-state index contributed by atoms with van der Waals surface area (Å²) in [5.41, 5.74) is 0. The quantitative estimate of drug-likeness (QED) is 0.533. The van der Waals surface area contributed by atoms with Crippen molar-refractivity contribution in [1.29, 1.82) is 0 Å². The standard InChI is InChI=1S/C10H12N2O2/c1-4-10(13)14-8-5-6-9(11-7-8)12(2)3/h4-7H,1H2,2-3H3. The Balaban J connectivity index is 2.73. The number of hydrogen-bond acceptors (Lipinski definition) is 4. The molecule has 0 aliphatic rings. The molecule has 0 amide bonds. The highest BCUT2D eigenvalue weighted by molar-refractivity contribution is 5.83. The molecule has 0 spiro atoms. The summed E-state index contributed by atoms with van der Waals surface area (Å²) >= 11 is 0. The van der Waals surface area contributed by atoms with Crippen LogP contribution in [0.4, 0.5) is 5.82 Å². The lowest BCUT2D eigenvalue weighted by Crippen LogP contribution is -2.10. The number of carbonyl (C=O) groups is 1. The first-order chi connectivity index (χ1) is 6.63. The van der Waals surface area contributed by atoms with Crippen LogP contribution in [0.15, 0.2) is 31.0 Å². The van der Waals surface area contributed by atoms with Gasteiger partial charge in [0.2, 0.25) is 0 Å². The zero-order valence-electron chi connectivity index (χ0n) is 8.23. The van der Waals surface area contributed by atoms with Crippen molar-refractivity contribution in [2.24, 2.45) is 0 Å². The van der Waals surface area contributed by atoms with Gasteiger partial charge in [-0.3, -0.25) is 0 Å². The van der Waals surface area contributed by atoms with Gasteiger partial charge in [-0.2, -0.15) is 0 Å². The Labute approximate surface area is 82.8 Å². The Morgan fingerprint density at radius 3 is 2.71 bits per heavy atom. The van der Waals surface area contributed by atoms with E-state index in [0.29, 0.717) is 5.75 Å². The molecule has 0 aliphatic carbocycles. The Morgan fingerprint density at radius 1 is 1.57 bits per heavy atom. The fraction of sp³-hybridized carbons (Fsp3) is 0.200. The van der Waals surface area contributed by atoms with Gasteiger partial charge in [-0.15, -0.1) is 0 Å². The zero-order chi connectivity index (χ0) is 10.6. The molecule has 0 N–H and O–H groups in total. The molecule has 0 unspecified atom stereocenters. The summed E-state index contributed by atoms with van der Waals surface area (Å²) in [6.07, 6.45) is 2.61. The lowest BCUT2D eigenvalue weighted by atomic mass is 10.4. The van der Waals surface area contributed by atoms with Crippen LogP contribution < -0.4 is 9.64 Å². The summed E-state index contributed by atoms with van der Waals surface area (Å²) in [6, 6.07) is 3.45. The molecule has 14 heavy (non-hydrogen) atoms. The lowest BCUT2D eigenvalue weighted by molar-refractivity contribution is -0.128. The second-order valence-electron chi connectivity index (χ2n) is 2.87. The third-order valence-electron chi connectivity index (χ3n) is 1.56. The first kappa shape index (κ1) is 10.2. The smallest absolute Gasteiger partial charge is 0.335 e. The van der Waals surface area contributed by atoms with Crippen molar-refractivity contribution in [2.45, 2.75) is 0 Å². The molecule has 1 rings (SSSR count). The van der Waals surface area contributed by atoms with Crippen molar-refractivity contribution in [3.63, 3.8) is 0 Å². The number of esters is 1. The van der Waals surface area contributed by atoms with Crippen LogP contribution in [0.25, 0.3) is 0 Å². The van der Waals surface area contributed by atoms with Gasteiger partial charge in [-0.25, -0.2) is 9.78 Å². The highest BCUT2D eigenvalue weighted by Crippen LogP contribution is 2.13. The molecule has 74 valence electrons. The monoisotopic (exact) mass is 192 g/mol. The van der Waals surface area contributed by atoms with E-state index in [1.807, 2.05) is 19.0 Å². The minimum atomic E-state index is -0.482. The summed E-state index contributed by atoms with van der Waals surface area (Å²) in [5, 5.41) is 0. The van der Waals surface area contributed by atoms with Crippen molar-refractivity contribution in [3.05, 3.63) is 31.0 Å². The summed E-state index contributed by atoms with van der Waals surface area (Å²) in [4.78, 5) is 16.8. The van der Waals surface area contributed by atoms with Crippen LogP contribution in [-0.4, -0.2) is 25.0 Å². The highest BCUT2D eigenvalue weighted by Gasteiger charge is 2.01. The minimum Gasteiger partial charge on any atom is -0.422 e. The number of nitrogens with zero attached hydrogens (tertiary/aromatic N) is 2. The van der Waals surface area contributed by atoms with Gasteiger partial charge >= 0.3 is 5.97 Å². The average molecular weight is 192 g/mol. The molecule has 0 fully saturated rings. The number of hydrogen-bond donors (Lipinski definition) is 0. The molecule has 0 radical (unpaired) electrons. The lowest BCUT2D eigenvalue weighted by Gasteiger charge is -2.10. The fourth-order valence-corrected chi connectivity index (χ4v) is 0.855. The molecule has 0 aliphatic heterocycles. The Hall–Kier alpha value is -1.84. The molecule has 4 heteroatoms. The third-order valence-corrected chi connectivity index (χ3v) is 1.56. The van der Waals surface area contributed by atoms with E-state index in [9.17, 15) is 4.79 Å². The van der Waals surface area contributed by atoms with Gasteiger partial charge in [0.25, 0.3) is 0 Å². The number of aromatic nitrogens is 1. The normalized spacial score (nSPS) is 9.29. The van der Waals surface area contributed by atoms with E-state index < -0.39 is 5.97 Å². The van der Waals surface area contributed by atoms with E-state index in [2.05, 4.69) is 11.6 Å². The summed E-state index contributed by atoms with van der Waals surface area (Å²) in [5.74, 6) is 0.744.